The summed E-state index contributed by atoms with van der Waals surface area (Å²) in [5.74, 6) is -0.550. The maximum atomic E-state index is 13.1. The zero-order valence-electron chi connectivity index (χ0n) is 62.7. The van der Waals surface area contributed by atoms with E-state index in [-0.39, 0.29) is 25.7 Å². The number of ether oxygens (including phenoxy) is 4. The third-order valence-corrected chi connectivity index (χ3v) is 20.2. The molecule has 6 atom stereocenters. The molecule has 0 saturated carbocycles. The van der Waals surface area contributed by atoms with Gasteiger partial charge in [0, 0.05) is 25.7 Å². The Hall–Kier alpha value is -1.94. The second-order valence-electron chi connectivity index (χ2n) is 28.5. The highest BCUT2D eigenvalue weighted by Crippen LogP contribution is 2.45. The molecule has 0 rings (SSSR count). The SMILES string of the molecule is CCCCCCCCCCCCCCCCCCCCCC(=O)O[C@H](COC(=O)CCCCCCCCCCCCCCCCC(C)CC)COP(=O)(O)OC[C@@H](O)COP(=O)(O)OC[C@@H](COC(=O)CCCCCCCCCC)OC(=O)CCCCCCCCCCC(C)C. The van der Waals surface area contributed by atoms with E-state index in [1.165, 1.54) is 212 Å². The van der Waals surface area contributed by atoms with Crippen molar-refractivity contribution in [3.63, 3.8) is 0 Å². The molecule has 0 amide bonds. The molecule has 0 spiro atoms. The molecule has 0 aromatic heterocycles. The quantitative estimate of drug-likeness (QED) is 0.0222. The number of phosphoric acid groups is 2. The van der Waals surface area contributed by atoms with Gasteiger partial charge in [0.05, 0.1) is 26.4 Å². The Kier molecular flexibility index (Phi) is 67.4. The van der Waals surface area contributed by atoms with Crippen LogP contribution < -0.4 is 0 Å². The third-order valence-electron chi connectivity index (χ3n) is 18.3. The number of phosphoric ester groups is 2. The van der Waals surface area contributed by atoms with Crippen molar-refractivity contribution in [2.45, 2.75) is 419 Å². The third kappa shape index (κ3) is 69.2. The molecule has 3 unspecified atom stereocenters. The van der Waals surface area contributed by atoms with Crippen LogP contribution in [0.5, 0.6) is 0 Å². The Morgan fingerprint density at radius 3 is 0.792 bits per heavy atom. The Morgan fingerprint density at radius 2 is 0.531 bits per heavy atom. The van der Waals surface area contributed by atoms with E-state index in [2.05, 4.69) is 41.5 Å². The van der Waals surface area contributed by atoms with Gasteiger partial charge in [-0.2, -0.15) is 0 Å². The van der Waals surface area contributed by atoms with Crippen molar-refractivity contribution in [1.29, 1.82) is 0 Å². The van der Waals surface area contributed by atoms with Gasteiger partial charge in [0.25, 0.3) is 0 Å². The van der Waals surface area contributed by atoms with Crippen molar-refractivity contribution in [2.75, 3.05) is 39.6 Å². The van der Waals surface area contributed by atoms with Gasteiger partial charge in [0.2, 0.25) is 0 Å². The summed E-state index contributed by atoms with van der Waals surface area (Å²) in [4.78, 5) is 72.7. The van der Waals surface area contributed by atoms with Gasteiger partial charge in [-0.05, 0) is 37.5 Å². The van der Waals surface area contributed by atoms with Gasteiger partial charge >= 0.3 is 39.5 Å². The molecular formula is C77H150O17P2. The first kappa shape index (κ1) is 94.1. The lowest BCUT2D eigenvalue weighted by Gasteiger charge is -2.21. The smallest absolute Gasteiger partial charge is 0.462 e. The molecule has 19 heteroatoms. The summed E-state index contributed by atoms with van der Waals surface area (Å²) >= 11 is 0. The minimum absolute atomic E-state index is 0.104. The highest BCUT2D eigenvalue weighted by atomic mass is 31.2. The average Bonchev–Trinajstić information content (AvgIpc) is 1.25. The summed E-state index contributed by atoms with van der Waals surface area (Å²) < 4.78 is 68.5. The molecule has 0 aliphatic carbocycles. The highest BCUT2D eigenvalue weighted by Gasteiger charge is 2.30. The van der Waals surface area contributed by atoms with Gasteiger partial charge in [0.1, 0.15) is 19.3 Å². The van der Waals surface area contributed by atoms with E-state index in [0.717, 1.165) is 108 Å². The molecule has 96 heavy (non-hydrogen) atoms. The summed E-state index contributed by atoms with van der Waals surface area (Å²) in [6.45, 7) is 9.59. The van der Waals surface area contributed by atoms with Gasteiger partial charge in [-0.1, -0.05) is 350 Å². The van der Waals surface area contributed by atoms with Crippen LogP contribution in [0.15, 0.2) is 0 Å². The zero-order chi connectivity index (χ0) is 70.7. The second kappa shape index (κ2) is 68.8. The van der Waals surface area contributed by atoms with Crippen LogP contribution in [0.4, 0.5) is 0 Å². The zero-order valence-corrected chi connectivity index (χ0v) is 64.5. The minimum Gasteiger partial charge on any atom is -0.462 e. The normalized spacial score (nSPS) is 14.3. The summed E-state index contributed by atoms with van der Waals surface area (Å²) in [6.07, 6.45) is 57.0. The number of carbonyl (C=O) groups excluding carboxylic acids is 4. The summed E-state index contributed by atoms with van der Waals surface area (Å²) in [6, 6.07) is 0. The number of hydrogen-bond acceptors (Lipinski definition) is 15. The van der Waals surface area contributed by atoms with Gasteiger partial charge < -0.3 is 33.8 Å². The predicted molar refractivity (Wildman–Crippen MR) is 391 cm³/mol. The number of carbonyl (C=O) groups is 4. The van der Waals surface area contributed by atoms with Gasteiger partial charge in [-0.15, -0.1) is 0 Å². The molecule has 0 saturated heterocycles. The Bertz CT molecular complexity index is 1860. The van der Waals surface area contributed by atoms with Crippen LogP contribution in [0.3, 0.4) is 0 Å². The van der Waals surface area contributed by atoms with E-state index in [9.17, 15) is 43.2 Å². The first-order chi connectivity index (χ1) is 46.4. The van der Waals surface area contributed by atoms with E-state index in [1.54, 1.807) is 0 Å². The van der Waals surface area contributed by atoms with Crippen molar-refractivity contribution >= 4 is 39.5 Å². The summed E-state index contributed by atoms with van der Waals surface area (Å²) in [5.41, 5.74) is 0. The van der Waals surface area contributed by atoms with Gasteiger partial charge in [-0.25, -0.2) is 9.13 Å². The first-order valence-corrected chi connectivity index (χ1v) is 43.0. The maximum absolute atomic E-state index is 13.1. The van der Waals surface area contributed by atoms with Crippen molar-refractivity contribution < 1.29 is 80.2 Å². The molecule has 0 aliphatic heterocycles. The van der Waals surface area contributed by atoms with Crippen LogP contribution in [0.2, 0.25) is 0 Å². The Morgan fingerprint density at radius 1 is 0.302 bits per heavy atom. The van der Waals surface area contributed by atoms with E-state index >= 15 is 0 Å². The Balaban J connectivity index is 5.19. The standard InChI is InChI=1S/C77H150O17P2/c1-7-10-12-14-16-18-19-20-21-22-23-24-25-30-33-36-43-49-55-61-76(81)93-73(66-88-75(80)60-54-48-42-35-32-29-27-26-28-31-34-40-46-52-58-70(6)9-3)68-92-96(85,86)90-64-71(78)63-89-95(83,84)91-67-72(65-87-74(79)59-53-47-41-17-15-13-11-8-2)94-77(82)62-56-50-44-38-37-39-45-51-57-69(4)5/h69-73,78H,7-68H2,1-6H3,(H,83,84)(H,85,86)/t70?,71-,72+,73+/m0/s1. The van der Waals surface area contributed by atoms with Gasteiger partial charge in [-0.3, -0.25) is 37.3 Å². The topological polar surface area (TPSA) is 237 Å². The van der Waals surface area contributed by atoms with Gasteiger partial charge in [0.15, 0.2) is 12.2 Å². The number of hydrogen-bond donors (Lipinski definition) is 3. The molecule has 0 aliphatic rings. The highest BCUT2D eigenvalue weighted by molar-refractivity contribution is 7.47. The van der Waals surface area contributed by atoms with Crippen molar-refractivity contribution in [2.24, 2.45) is 11.8 Å². The number of unbranched alkanes of at least 4 members (excludes halogenated alkanes) is 45. The van der Waals surface area contributed by atoms with E-state index in [1.807, 2.05) is 0 Å². The first-order valence-electron chi connectivity index (χ1n) is 40.0. The minimum atomic E-state index is -4.96. The molecule has 17 nitrogen and oxygen atoms in total. The second-order valence-corrected chi connectivity index (χ2v) is 31.4. The molecule has 0 heterocycles. The van der Waals surface area contributed by atoms with Crippen LogP contribution >= 0.6 is 15.6 Å². The molecule has 3 N–H and O–H groups in total. The van der Waals surface area contributed by atoms with Crippen LogP contribution in [0.1, 0.15) is 401 Å². The molecule has 0 aromatic rings. The van der Waals surface area contributed by atoms with Crippen molar-refractivity contribution in [3.8, 4) is 0 Å². The number of esters is 4. The lowest BCUT2D eigenvalue weighted by Crippen LogP contribution is -2.30. The number of aliphatic hydroxyl groups excluding tert-OH is 1. The summed E-state index contributed by atoms with van der Waals surface area (Å²) in [7, 11) is -9.91. The fourth-order valence-corrected chi connectivity index (χ4v) is 13.4. The Labute approximate surface area is 588 Å². The van der Waals surface area contributed by atoms with Crippen LogP contribution in [0, 0.1) is 11.8 Å². The van der Waals surface area contributed by atoms with Crippen molar-refractivity contribution in [3.05, 3.63) is 0 Å². The van der Waals surface area contributed by atoms with Crippen LogP contribution in [-0.2, 0) is 65.4 Å². The molecule has 0 bridgehead atoms. The van der Waals surface area contributed by atoms with Crippen LogP contribution in [0.25, 0.3) is 0 Å². The molecule has 0 aromatic carbocycles. The molecular weight excluding hydrogens is 1260 g/mol. The fraction of sp³-hybridized carbons (Fsp3) is 0.948. The van der Waals surface area contributed by atoms with E-state index < -0.39 is 97.5 Å². The number of rotatable bonds is 76. The fourth-order valence-electron chi connectivity index (χ4n) is 11.8. The summed E-state index contributed by atoms with van der Waals surface area (Å²) in [5, 5.41) is 10.6. The molecule has 570 valence electrons. The van der Waals surface area contributed by atoms with E-state index in [4.69, 9.17) is 37.0 Å². The number of aliphatic hydroxyl groups is 1. The monoisotopic (exact) mass is 1410 g/mol. The average molecular weight is 1410 g/mol. The van der Waals surface area contributed by atoms with Crippen LogP contribution in [-0.4, -0.2) is 96.7 Å². The van der Waals surface area contributed by atoms with Crippen molar-refractivity contribution in [1.82, 2.24) is 0 Å². The maximum Gasteiger partial charge on any atom is 0.472 e. The largest absolute Gasteiger partial charge is 0.472 e. The molecule has 0 radical (unpaired) electrons. The lowest BCUT2D eigenvalue weighted by atomic mass is 9.99. The molecule has 0 fully saturated rings. The van der Waals surface area contributed by atoms with E-state index in [0.29, 0.717) is 25.7 Å². The predicted octanol–water partition coefficient (Wildman–Crippen LogP) is 22.7. The lowest BCUT2D eigenvalue weighted by molar-refractivity contribution is -0.161.